The number of fused-ring (bicyclic) bond motifs is 1. The lowest BCUT2D eigenvalue weighted by Crippen LogP contribution is -2.56. The number of piperazine rings is 1. The van der Waals surface area contributed by atoms with Crippen LogP contribution in [-0.2, 0) is 9.53 Å². The van der Waals surface area contributed by atoms with Crippen LogP contribution in [0.4, 0.5) is 0 Å². The lowest BCUT2D eigenvalue weighted by Gasteiger charge is -2.44. The predicted molar refractivity (Wildman–Crippen MR) is 79.5 cm³/mol. The van der Waals surface area contributed by atoms with Gasteiger partial charge in [0.1, 0.15) is 5.54 Å². The molecule has 0 aliphatic carbocycles. The van der Waals surface area contributed by atoms with Gasteiger partial charge in [0.05, 0.1) is 6.61 Å². The molecule has 2 rings (SSSR count). The molecule has 2 N–H and O–H groups in total. The Kier molecular flexibility index (Phi) is 5.41. The van der Waals surface area contributed by atoms with Crippen LogP contribution in [0.15, 0.2) is 0 Å². The second-order valence-corrected chi connectivity index (χ2v) is 6.37. The monoisotopic (exact) mass is 283 g/mol. The van der Waals surface area contributed by atoms with E-state index in [4.69, 9.17) is 10.5 Å². The third kappa shape index (κ3) is 3.93. The standard InChI is InChI=1S/C15H29N3O2/c1-3-20-14(19)15(2,16)7-9-17-10-11-18-8-5-4-6-13(18)12-17/h13H,3-12,16H2,1-2H3. The number of nitrogens with two attached hydrogens (primary N) is 1. The summed E-state index contributed by atoms with van der Waals surface area (Å²) in [5, 5.41) is 0. The highest BCUT2D eigenvalue weighted by atomic mass is 16.5. The van der Waals surface area contributed by atoms with Crippen LogP contribution in [0, 0.1) is 0 Å². The minimum atomic E-state index is -0.861. The maximum atomic E-state index is 11.8. The van der Waals surface area contributed by atoms with Crippen molar-refractivity contribution in [2.24, 2.45) is 5.73 Å². The molecule has 0 radical (unpaired) electrons. The van der Waals surface area contributed by atoms with Crippen molar-refractivity contribution in [2.75, 3.05) is 39.3 Å². The molecular weight excluding hydrogens is 254 g/mol. The number of hydrogen-bond donors (Lipinski definition) is 1. The number of ether oxygens (including phenoxy) is 1. The van der Waals surface area contributed by atoms with E-state index in [2.05, 4.69) is 9.80 Å². The van der Waals surface area contributed by atoms with Crippen LogP contribution in [0.25, 0.3) is 0 Å². The van der Waals surface area contributed by atoms with Crippen molar-refractivity contribution in [3.05, 3.63) is 0 Å². The average Bonchev–Trinajstić information content (AvgIpc) is 2.45. The van der Waals surface area contributed by atoms with Crippen molar-refractivity contribution in [1.29, 1.82) is 0 Å². The molecule has 0 aromatic heterocycles. The number of esters is 1. The summed E-state index contributed by atoms with van der Waals surface area (Å²) in [5.74, 6) is -0.281. The zero-order chi connectivity index (χ0) is 14.6. The Morgan fingerprint density at radius 2 is 2.15 bits per heavy atom. The molecule has 2 atom stereocenters. The number of piperidine rings is 1. The highest BCUT2D eigenvalue weighted by Crippen LogP contribution is 2.21. The average molecular weight is 283 g/mol. The summed E-state index contributed by atoms with van der Waals surface area (Å²) < 4.78 is 5.04. The second kappa shape index (κ2) is 6.87. The van der Waals surface area contributed by atoms with Gasteiger partial charge in [-0.1, -0.05) is 6.42 Å². The van der Waals surface area contributed by atoms with Gasteiger partial charge in [0.25, 0.3) is 0 Å². The SMILES string of the molecule is CCOC(=O)C(C)(N)CCN1CCN2CCCCC2C1. The van der Waals surface area contributed by atoms with Crippen LogP contribution >= 0.6 is 0 Å². The van der Waals surface area contributed by atoms with Gasteiger partial charge >= 0.3 is 5.97 Å². The van der Waals surface area contributed by atoms with E-state index in [0.29, 0.717) is 19.1 Å². The van der Waals surface area contributed by atoms with Crippen LogP contribution in [0.3, 0.4) is 0 Å². The quantitative estimate of drug-likeness (QED) is 0.757. The number of carbonyl (C=O) groups is 1. The number of rotatable bonds is 5. The lowest BCUT2D eigenvalue weighted by atomic mass is 9.97. The van der Waals surface area contributed by atoms with E-state index in [1.165, 1.54) is 25.8 Å². The van der Waals surface area contributed by atoms with E-state index in [0.717, 1.165) is 26.2 Å². The molecule has 2 aliphatic rings. The van der Waals surface area contributed by atoms with Crippen molar-refractivity contribution in [3.8, 4) is 0 Å². The summed E-state index contributed by atoms with van der Waals surface area (Å²) in [5.41, 5.74) is 5.22. The van der Waals surface area contributed by atoms with Gasteiger partial charge in [-0.25, -0.2) is 0 Å². The first kappa shape index (κ1) is 15.7. The molecule has 0 spiro atoms. The van der Waals surface area contributed by atoms with Gasteiger partial charge in [-0.15, -0.1) is 0 Å². The molecule has 0 saturated carbocycles. The zero-order valence-electron chi connectivity index (χ0n) is 12.9. The molecule has 2 aliphatic heterocycles. The maximum Gasteiger partial charge on any atom is 0.325 e. The Morgan fingerprint density at radius 3 is 2.90 bits per heavy atom. The molecule has 2 unspecified atom stereocenters. The van der Waals surface area contributed by atoms with Crippen LogP contribution in [0.5, 0.6) is 0 Å². The molecule has 2 saturated heterocycles. The topological polar surface area (TPSA) is 58.8 Å². The predicted octanol–water partition coefficient (Wildman–Crippen LogP) is 0.827. The molecule has 0 aromatic carbocycles. The fraction of sp³-hybridized carbons (Fsp3) is 0.933. The molecule has 5 nitrogen and oxygen atoms in total. The van der Waals surface area contributed by atoms with Crippen molar-refractivity contribution in [2.45, 2.75) is 51.1 Å². The highest BCUT2D eigenvalue weighted by Gasteiger charge is 2.33. The molecule has 5 heteroatoms. The fourth-order valence-corrected chi connectivity index (χ4v) is 3.21. The van der Waals surface area contributed by atoms with Crippen molar-refractivity contribution in [1.82, 2.24) is 9.80 Å². The number of hydrogen-bond acceptors (Lipinski definition) is 5. The zero-order valence-corrected chi connectivity index (χ0v) is 12.9. The second-order valence-electron chi connectivity index (χ2n) is 6.37. The largest absolute Gasteiger partial charge is 0.465 e. The normalized spacial score (nSPS) is 27.6. The van der Waals surface area contributed by atoms with Crippen molar-refractivity contribution < 1.29 is 9.53 Å². The summed E-state index contributed by atoms with van der Waals surface area (Å²) in [4.78, 5) is 16.9. The van der Waals surface area contributed by atoms with Gasteiger partial charge in [0.15, 0.2) is 0 Å². The molecular formula is C15H29N3O2. The van der Waals surface area contributed by atoms with E-state index in [1.807, 2.05) is 6.92 Å². The van der Waals surface area contributed by atoms with Gasteiger partial charge in [-0.05, 0) is 39.7 Å². The third-order valence-corrected chi connectivity index (χ3v) is 4.61. The Morgan fingerprint density at radius 1 is 1.35 bits per heavy atom. The van der Waals surface area contributed by atoms with Gasteiger partial charge < -0.3 is 15.4 Å². The van der Waals surface area contributed by atoms with E-state index < -0.39 is 5.54 Å². The van der Waals surface area contributed by atoms with E-state index in [-0.39, 0.29) is 5.97 Å². The molecule has 2 fully saturated rings. The molecule has 20 heavy (non-hydrogen) atoms. The smallest absolute Gasteiger partial charge is 0.325 e. The van der Waals surface area contributed by atoms with Crippen LogP contribution in [0.2, 0.25) is 0 Å². The first-order chi connectivity index (χ1) is 9.53. The molecule has 0 bridgehead atoms. The lowest BCUT2D eigenvalue weighted by molar-refractivity contribution is -0.149. The van der Waals surface area contributed by atoms with E-state index in [9.17, 15) is 4.79 Å². The first-order valence-electron chi connectivity index (χ1n) is 7.95. The number of nitrogens with zero attached hydrogens (tertiary/aromatic N) is 2. The van der Waals surface area contributed by atoms with Gasteiger partial charge in [-0.2, -0.15) is 0 Å². The van der Waals surface area contributed by atoms with Crippen LogP contribution in [0.1, 0.15) is 39.5 Å². The Labute approximate surface area is 122 Å². The van der Waals surface area contributed by atoms with Crippen molar-refractivity contribution in [3.63, 3.8) is 0 Å². The Balaban J connectivity index is 1.78. The highest BCUT2D eigenvalue weighted by molar-refractivity contribution is 5.79. The van der Waals surface area contributed by atoms with E-state index >= 15 is 0 Å². The molecule has 0 aromatic rings. The molecule has 2 heterocycles. The summed E-state index contributed by atoms with van der Waals surface area (Å²) in [6.45, 7) is 9.51. The Bertz CT molecular complexity index is 333. The van der Waals surface area contributed by atoms with Gasteiger partial charge in [-0.3, -0.25) is 9.69 Å². The minimum absolute atomic E-state index is 0.281. The van der Waals surface area contributed by atoms with E-state index in [1.54, 1.807) is 6.92 Å². The summed E-state index contributed by atoms with van der Waals surface area (Å²) >= 11 is 0. The van der Waals surface area contributed by atoms with Gasteiger partial charge in [0.2, 0.25) is 0 Å². The molecule has 116 valence electrons. The summed E-state index contributed by atoms with van der Waals surface area (Å²) in [6, 6.07) is 0.712. The summed E-state index contributed by atoms with van der Waals surface area (Å²) in [6.07, 6.45) is 4.68. The summed E-state index contributed by atoms with van der Waals surface area (Å²) in [7, 11) is 0. The Hall–Kier alpha value is -0.650. The van der Waals surface area contributed by atoms with Crippen LogP contribution < -0.4 is 5.73 Å². The van der Waals surface area contributed by atoms with Crippen LogP contribution in [-0.4, -0.2) is 66.7 Å². The first-order valence-corrected chi connectivity index (χ1v) is 7.95. The fourth-order valence-electron chi connectivity index (χ4n) is 3.21. The maximum absolute atomic E-state index is 11.8. The minimum Gasteiger partial charge on any atom is -0.465 e. The molecule has 0 amide bonds. The van der Waals surface area contributed by atoms with Gasteiger partial charge in [0, 0.05) is 32.2 Å². The third-order valence-electron chi connectivity index (χ3n) is 4.61. The number of carbonyl (C=O) groups excluding carboxylic acids is 1. The van der Waals surface area contributed by atoms with Crippen molar-refractivity contribution >= 4 is 5.97 Å².